The first-order valence-electron chi connectivity index (χ1n) is 9.30. The topological polar surface area (TPSA) is 65.4 Å². The molecule has 152 valence electrons. The van der Waals surface area contributed by atoms with E-state index >= 15 is 0 Å². The Morgan fingerprint density at radius 2 is 2.28 bits per heavy atom. The quantitative estimate of drug-likeness (QED) is 0.802. The number of hydrogen-bond acceptors (Lipinski definition) is 5. The van der Waals surface area contributed by atoms with Crippen molar-refractivity contribution in [3.05, 3.63) is 74.1 Å². The van der Waals surface area contributed by atoms with Crippen LogP contribution in [0.4, 0.5) is 10.3 Å². The van der Waals surface area contributed by atoms with E-state index in [-0.39, 0.29) is 10.8 Å². The molecule has 0 bridgehead atoms. The summed E-state index contributed by atoms with van der Waals surface area (Å²) < 4.78 is 26.0. The smallest absolute Gasteiger partial charge is 0.316 e. The Balaban J connectivity index is 1.69. The minimum atomic E-state index is -0.479. The summed E-state index contributed by atoms with van der Waals surface area (Å²) in [5.74, 6) is 0.445. The molecule has 1 saturated heterocycles. The molecule has 8 heteroatoms. The first-order chi connectivity index (χ1) is 14.0. The Kier molecular flexibility index (Phi) is 5.43. The van der Waals surface area contributed by atoms with E-state index in [2.05, 4.69) is 16.4 Å². The fraction of sp³-hybridized carbons (Fsp3) is 0.333. The van der Waals surface area contributed by atoms with E-state index < -0.39 is 11.4 Å². The Bertz CT molecular complexity index is 1080. The number of hydrogen-bond donors (Lipinski definition) is 1. The van der Waals surface area contributed by atoms with Crippen molar-refractivity contribution < 1.29 is 13.9 Å². The number of ether oxygens (including phenoxy) is 2. The maximum atomic E-state index is 13.5. The van der Waals surface area contributed by atoms with Gasteiger partial charge in [0.1, 0.15) is 5.82 Å². The van der Waals surface area contributed by atoms with Crippen LogP contribution >= 0.6 is 11.6 Å². The highest BCUT2D eigenvalue weighted by Gasteiger charge is 2.27. The van der Waals surface area contributed by atoms with Crippen molar-refractivity contribution in [1.29, 1.82) is 0 Å². The van der Waals surface area contributed by atoms with E-state index in [1.54, 1.807) is 22.9 Å². The van der Waals surface area contributed by atoms with Gasteiger partial charge < -0.3 is 19.4 Å². The molecule has 1 N–H and O–H groups in total. The van der Waals surface area contributed by atoms with Gasteiger partial charge >= 0.3 is 5.56 Å². The first-order valence-corrected chi connectivity index (χ1v) is 9.68. The molecule has 6 nitrogen and oxygen atoms in total. The lowest BCUT2D eigenvalue weighted by Gasteiger charge is -2.23. The predicted octanol–water partition coefficient (Wildman–Crippen LogP) is 3.76. The maximum Gasteiger partial charge on any atom is 0.316 e. The summed E-state index contributed by atoms with van der Waals surface area (Å²) in [6.07, 6.45) is 4.57. The van der Waals surface area contributed by atoms with Gasteiger partial charge in [-0.3, -0.25) is 4.79 Å². The average molecular weight is 418 g/mol. The minimum Gasteiger partial charge on any atom is -0.490 e. The van der Waals surface area contributed by atoms with Gasteiger partial charge in [0.05, 0.1) is 38.1 Å². The van der Waals surface area contributed by atoms with Gasteiger partial charge in [0.2, 0.25) is 11.7 Å². The van der Waals surface area contributed by atoms with Crippen LogP contribution < -0.4 is 15.6 Å². The zero-order valence-corrected chi connectivity index (χ0v) is 16.9. The molecule has 1 aromatic heterocycles. The molecule has 0 saturated carbocycles. The average Bonchev–Trinajstić information content (AvgIpc) is 3.18. The molecular formula is C21H21ClFN3O3. The molecule has 2 heterocycles. The molecule has 1 aliphatic heterocycles. The Hall–Kier alpha value is -2.64. The van der Waals surface area contributed by atoms with Gasteiger partial charge in [-0.1, -0.05) is 23.7 Å². The van der Waals surface area contributed by atoms with Crippen LogP contribution in [0.15, 0.2) is 52.1 Å². The molecule has 0 radical (unpaired) electrons. The standard InChI is InChI=1S/C21H21ClFN3O3/c1-12-15-11-29-10-14(15)4-6-18(12)24-21-25-20(27)19(28-2)9-26(21)8-13-3-5-17(23)16(22)7-13/h3,5-7,9,14H,4,8,10-11H2,1-2H3,(H,24,25,27). The zero-order chi connectivity index (χ0) is 20.5. The number of halogens is 2. The second kappa shape index (κ2) is 8.00. The van der Waals surface area contributed by atoms with Gasteiger partial charge in [0.15, 0.2) is 0 Å². The third-order valence-electron chi connectivity index (χ3n) is 5.33. The van der Waals surface area contributed by atoms with Crippen molar-refractivity contribution in [2.45, 2.75) is 19.9 Å². The summed E-state index contributed by atoms with van der Waals surface area (Å²) in [7, 11) is 1.42. The van der Waals surface area contributed by atoms with Gasteiger partial charge in [-0.05, 0) is 42.2 Å². The van der Waals surface area contributed by atoms with Crippen LogP contribution in [0.1, 0.15) is 18.9 Å². The van der Waals surface area contributed by atoms with Gasteiger partial charge in [-0.2, -0.15) is 4.98 Å². The molecule has 4 rings (SSSR count). The zero-order valence-electron chi connectivity index (χ0n) is 16.2. The summed E-state index contributed by atoms with van der Waals surface area (Å²) in [4.78, 5) is 16.4. The predicted molar refractivity (Wildman–Crippen MR) is 109 cm³/mol. The lowest BCUT2D eigenvalue weighted by atomic mass is 9.88. The number of nitrogens with one attached hydrogen (secondary N) is 1. The minimum absolute atomic E-state index is 0.0424. The fourth-order valence-electron chi connectivity index (χ4n) is 3.67. The highest BCUT2D eigenvalue weighted by molar-refractivity contribution is 6.30. The van der Waals surface area contributed by atoms with Crippen molar-refractivity contribution in [3.8, 4) is 5.75 Å². The number of fused-ring (bicyclic) bond motifs is 1. The SMILES string of the molecule is COc1cn(Cc2ccc(F)c(Cl)c2)c(NC2=CCC3COCC3=C2C)nc1=O. The molecule has 1 aromatic carbocycles. The lowest BCUT2D eigenvalue weighted by molar-refractivity contribution is 0.189. The van der Waals surface area contributed by atoms with Crippen molar-refractivity contribution in [2.75, 3.05) is 25.6 Å². The highest BCUT2D eigenvalue weighted by Crippen LogP contribution is 2.34. The van der Waals surface area contributed by atoms with Crippen molar-refractivity contribution in [1.82, 2.24) is 9.55 Å². The van der Waals surface area contributed by atoms with Gasteiger partial charge in [-0.15, -0.1) is 0 Å². The van der Waals surface area contributed by atoms with Crippen LogP contribution in [0.2, 0.25) is 5.02 Å². The van der Waals surface area contributed by atoms with Crippen LogP contribution in [0, 0.1) is 11.7 Å². The molecule has 1 unspecified atom stereocenters. The Morgan fingerprint density at radius 3 is 3.03 bits per heavy atom. The van der Waals surface area contributed by atoms with Gasteiger partial charge in [0.25, 0.3) is 0 Å². The molecule has 0 amide bonds. The van der Waals surface area contributed by atoms with Crippen LogP contribution in [-0.4, -0.2) is 29.9 Å². The van der Waals surface area contributed by atoms with E-state index in [1.807, 2.05) is 6.92 Å². The van der Waals surface area contributed by atoms with E-state index in [1.165, 1.54) is 18.7 Å². The lowest BCUT2D eigenvalue weighted by Crippen LogP contribution is -2.22. The third kappa shape index (κ3) is 3.93. The maximum absolute atomic E-state index is 13.5. The summed E-state index contributed by atoms with van der Waals surface area (Å²) in [6.45, 7) is 3.75. The van der Waals surface area contributed by atoms with Gasteiger partial charge in [0, 0.05) is 11.6 Å². The largest absolute Gasteiger partial charge is 0.490 e. The molecular weight excluding hydrogens is 397 g/mol. The summed E-state index contributed by atoms with van der Waals surface area (Å²) >= 11 is 5.91. The fourth-order valence-corrected chi connectivity index (χ4v) is 3.88. The number of benzene rings is 1. The van der Waals surface area contributed by atoms with Crippen LogP contribution in [-0.2, 0) is 11.3 Å². The molecule has 1 atom stereocenters. The molecule has 29 heavy (non-hydrogen) atoms. The number of aromatic nitrogens is 2. The highest BCUT2D eigenvalue weighted by atomic mass is 35.5. The Morgan fingerprint density at radius 1 is 1.45 bits per heavy atom. The second-order valence-corrected chi connectivity index (χ2v) is 7.56. The van der Waals surface area contributed by atoms with Crippen LogP contribution in [0.25, 0.3) is 0 Å². The number of nitrogens with zero attached hydrogens (tertiary/aromatic N) is 2. The number of allylic oxidation sites excluding steroid dienone is 2. The normalized spacial score (nSPS) is 18.5. The molecule has 2 aliphatic rings. The van der Waals surface area contributed by atoms with E-state index in [4.69, 9.17) is 21.1 Å². The summed E-state index contributed by atoms with van der Waals surface area (Å²) in [5.41, 5.74) is 3.60. The van der Waals surface area contributed by atoms with E-state index in [0.29, 0.717) is 25.0 Å². The molecule has 0 spiro atoms. The van der Waals surface area contributed by atoms with Crippen molar-refractivity contribution >= 4 is 17.5 Å². The summed E-state index contributed by atoms with van der Waals surface area (Å²) in [5, 5.41) is 3.33. The number of methoxy groups -OCH3 is 1. The number of anilines is 1. The first kappa shape index (κ1) is 19.7. The van der Waals surface area contributed by atoms with Crippen molar-refractivity contribution in [2.24, 2.45) is 5.92 Å². The summed E-state index contributed by atoms with van der Waals surface area (Å²) in [6, 6.07) is 4.51. The number of rotatable bonds is 5. The van der Waals surface area contributed by atoms with Crippen LogP contribution in [0.3, 0.4) is 0 Å². The second-order valence-electron chi connectivity index (χ2n) is 7.16. The molecule has 2 aromatic rings. The monoisotopic (exact) mass is 417 g/mol. The molecule has 1 fully saturated rings. The molecule has 1 aliphatic carbocycles. The third-order valence-corrected chi connectivity index (χ3v) is 5.62. The van der Waals surface area contributed by atoms with Crippen molar-refractivity contribution in [3.63, 3.8) is 0 Å². The van der Waals surface area contributed by atoms with E-state index in [0.717, 1.165) is 29.9 Å². The Labute approximate surface area is 172 Å². The van der Waals surface area contributed by atoms with E-state index in [9.17, 15) is 9.18 Å². The van der Waals surface area contributed by atoms with Crippen LogP contribution in [0.5, 0.6) is 5.75 Å². The van der Waals surface area contributed by atoms with Gasteiger partial charge in [-0.25, -0.2) is 4.39 Å².